The Hall–Kier alpha value is -1.35. The van der Waals surface area contributed by atoms with Gasteiger partial charge in [0.25, 0.3) is 11.9 Å². The minimum atomic E-state index is -1.08. The van der Waals surface area contributed by atoms with Gasteiger partial charge in [-0.05, 0) is 19.8 Å². The Kier molecular flexibility index (Phi) is 48.1. The Bertz CT molecular complexity index is 402. The molecule has 0 heterocycles. The van der Waals surface area contributed by atoms with Crippen LogP contribution in [0, 0.1) is 0 Å². The van der Waals surface area contributed by atoms with Gasteiger partial charge in [0.15, 0.2) is 0 Å². The standard InChI is InChI=1S/C18H36O2.3C2H4O2.Mg/c1-2-3-4-5-6-7-8-9-10-11-12-13-14-15-16-17-18(19)20;3*1-2(3)4;/h2-17H2,1H3,(H,19,20);3*1H3,(H,3,4);/q;;;;+2/p-2. The fourth-order valence-electron chi connectivity index (χ4n) is 2.64. The predicted molar refractivity (Wildman–Crippen MR) is 128 cm³/mol. The molecule has 0 aromatic rings. The van der Waals surface area contributed by atoms with Crippen LogP contribution in [0.25, 0.3) is 0 Å². The first-order valence-corrected chi connectivity index (χ1v) is 11.7. The summed E-state index contributed by atoms with van der Waals surface area (Å²) in [7, 11) is 0. The van der Waals surface area contributed by atoms with Gasteiger partial charge in [-0.2, -0.15) is 0 Å². The van der Waals surface area contributed by atoms with Crippen molar-refractivity contribution in [3.05, 3.63) is 0 Å². The summed E-state index contributed by atoms with van der Waals surface area (Å²) in [5.74, 6) is -3.65. The van der Waals surface area contributed by atoms with Crippen molar-refractivity contribution in [2.24, 2.45) is 0 Å². The molecule has 0 aliphatic rings. The Balaban J connectivity index is -0.000000165. The molecule has 8 nitrogen and oxygen atoms in total. The minimum Gasteiger partial charge on any atom is -0.550 e. The van der Waals surface area contributed by atoms with Gasteiger partial charge in [-0.15, -0.1) is 0 Å². The smallest absolute Gasteiger partial charge is 0.550 e. The topological polar surface area (TPSA) is 155 Å². The van der Waals surface area contributed by atoms with E-state index in [1.165, 1.54) is 83.5 Å². The second-order valence-electron chi connectivity index (χ2n) is 7.60. The van der Waals surface area contributed by atoms with Crippen LogP contribution in [0.15, 0.2) is 0 Å². The van der Waals surface area contributed by atoms with E-state index in [0.29, 0.717) is 0 Å². The number of hydrogen-bond acceptors (Lipinski definition) is 6. The van der Waals surface area contributed by atoms with Gasteiger partial charge in [0, 0.05) is 25.8 Å². The van der Waals surface area contributed by atoms with Gasteiger partial charge < -0.3 is 30.0 Å². The van der Waals surface area contributed by atoms with E-state index in [9.17, 15) is 9.90 Å². The molecule has 0 atom stereocenters. The molecule has 0 aliphatic carbocycles. The fraction of sp³-hybridized carbons (Fsp3) is 0.833. The molecule has 0 bridgehead atoms. The normalized spacial score (nSPS) is 8.85. The van der Waals surface area contributed by atoms with Gasteiger partial charge in [0.05, 0.1) is 0 Å². The third-order valence-electron chi connectivity index (χ3n) is 3.98. The summed E-state index contributed by atoms with van der Waals surface area (Å²) in [6, 6.07) is 0. The van der Waals surface area contributed by atoms with Crippen LogP contribution >= 0.6 is 0 Å². The summed E-state index contributed by atoms with van der Waals surface area (Å²) in [5, 5.41) is 33.9. The minimum absolute atomic E-state index is 0. The maximum Gasteiger partial charge on any atom is 2.00 e. The van der Waals surface area contributed by atoms with Gasteiger partial charge in [-0.1, -0.05) is 96.8 Å². The van der Waals surface area contributed by atoms with Gasteiger partial charge in [-0.3, -0.25) is 9.59 Å². The molecule has 33 heavy (non-hydrogen) atoms. The molecule has 0 radical (unpaired) electrons. The maximum atomic E-state index is 10.2. The van der Waals surface area contributed by atoms with Crippen molar-refractivity contribution >= 4 is 46.9 Å². The van der Waals surface area contributed by atoms with E-state index < -0.39 is 23.9 Å². The van der Waals surface area contributed by atoms with Gasteiger partial charge in [0.2, 0.25) is 0 Å². The molecule has 0 aromatic heterocycles. The zero-order chi connectivity index (χ0) is 25.6. The zero-order valence-corrected chi connectivity index (χ0v) is 22.8. The summed E-state index contributed by atoms with van der Waals surface area (Å²) in [6.07, 6.45) is 19.9. The molecule has 0 aromatic carbocycles. The second kappa shape index (κ2) is 37.9. The number of carboxylic acid groups (broad SMARTS) is 4. The van der Waals surface area contributed by atoms with Crippen LogP contribution in [-0.2, 0) is 19.2 Å². The molecule has 9 heteroatoms. The second-order valence-corrected chi connectivity index (χ2v) is 7.60. The molecule has 2 N–H and O–H groups in total. The molecule has 0 amide bonds. The number of carbonyl (C=O) groups is 4. The third kappa shape index (κ3) is 103. The number of rotatable bonds is 16. The molecule has 0 unspecified atom stereocenters. The van der Waals surface area contributed by atoms with E-state index in [1.54, 1.807) is 0 Å². The largest absolute Gasteiger partial charge is 2.00 e. The number of hydrogen-bond donors (Lipinski definition) is 2. The van der Waals surface area contributed by atoms with Crippen LogP contribution in [0.2, 0.25) is 0 Å². The Morgan fingerprint density at radius 1 is 0.545 bits per heavy atom. The van der Waals surface area contributed by atoms with Crippen molar-refractivity contribution in [1.29, 1.82) is 0 Å². The quantitative estimate of drug-likeness (QED) is 0.248. The Labute approximate surface area is 216 Å². The van der Waals surface area contributed by atoms with Crippen LogP contribution in [0.5, 0.6) is 0 Å². The molecule has 0 saturated carbocycles. The van der Waals surface area contributed by atoms with E-state index >= 15 is 0 Å². The molecule has 0 spiro atoms. The summed E-state index contributed by atoms with van der Waals surface area (Å²) < 4.78 is 0. The first-order valence-electron chi connectivity index (χ1n) is 11.7. The molecular weight excluding hydrogens is 441 g/mol. The average Bonchev–Trinajstić information content (AvgIpc) is 2.63. The Morgan fingerprint density at radius 3 is 0.909 bits per heavy atom. The third-order valence-corrected chi connectivity index (χ3v) is 3.98. The van der Waals surface area contributed by atoms with Gasteiger partial charge in [-0.25, -0.2) is 0 Å². The van der Waals surface area contributed by atoms with Crippen LogP contribution < -0.4 is 10.2 Å². The number of unbranched alkanes of at least 4 members (excludes halogenated alkanes) is 14. The van der Waals surface area contributed by atoms with Gasteiger partial charge in [0.1, 0.15) is 0 Å². The van der Waals surface area contributed by atoms with Crippen LogP contribution in [0.1, 0.15) is 130 Å². The summed E-state index contributed by atoms with van der Waals surface area (Å²) in [4.78, 5) is 37.1. The molecular formula is C24H46MgO8. The van der Waals surface area contributed by atoms with Crippen molar-refractivity contribution in [2.45, 2.75) is 130 Å². The summed E-state index contributed by atoms with van der Waals surface area (Å²) in [6.45, 7) is 5.41. The monoisotopic (exact) mass is 486 g/mol. The van der Waals surface area contributed by atoms with Crippen molar-refractivity contribution in [3.8, 4) is 0 Å². The van der Waals surface area contributed by atoms with Crippen molar-refractivity contribution in [1.82, 2.24) is 0 Å². The first-order chi connectivity index (χ1) is 15.0. The average molecular weight is 487 g/mol. The molecule has 192 valence electrons. The summed E-state index contributed by atoms with van der Waals surface area (Å²) in [5.41, 5.74) is 0. The van der Waals surface area contributed by atoms with Crippen molar-refractivity contribution in [2.75, 3.05) is 0 Å². The number of carboxylic acids is 4. The maximum absolute atomic E-state index is 10.2. The first kappa shape index (κ1) is 41.9. The van der Waals surface area contributed by atoms with Crippen LogP contribution in [0.3, 0.4) is 0 Å². The van der Waals surface area contributed by atoms with Crippen LogP contribution in [0.4, 0.5) is 0 Å². The zero-order valence-electron chi connectivity index (χ0n) is 21.4. The van der Waals surface area contributed by atoms with Crippen molar-refractivity contribution < 1.29 is 39.6 Å². The predicted octanol–water partition coefficient (Wildman–Crippen LogP) is 3.56. The summed E-state index contributed by atoms with van der Waals surface area (Å²) >= 11 is 0. The molecule has 0 saturated heterocycles. The van der Waals surface area contributed by atoms with Crippen molar-refractivity contribution in [3.63, 3.8) is 0 Å². The number of aliphatic carboxylic acids is 4. The van der Waals surface area contributed by atoms with E-state index in [-0.39, 0.29) is 29.5 Å². The van der Waals surface area contributed by atoms with E-state index in [0.717, 1.165) is 33.6 Å². The SMILES string of the molecule is CC(=O)O.CC(=O)O.CC(=O)[O-].CCCCCCCCCCCCCCCCCC(=O)[O-].[Mg+2]. The fourth-order valence-corrected chi connectivity index (χ4v) is 2.64. The van der Waals surface area contributed by atoms with E-state index in [2.05, 4.69) is 6.92 Å². The Morgan fingerprint density at radius 2 is 0.727 bits per heavy atom. The van der Waals surface area contributed by atoms with E-state index in [1.807, 2.05) is 0 Å². The molecule has 0 fully saturated rings. The van der Waals surface area contributed by atoms with Gasteiger partial charge >= 0.3 is 23.1 Å². The molecule has 0 aliphatic heterocycles. The number of carbonyl (C=O) groups excluding carboxylic acids is 2. The van der Waals surface area contributed by atoms with Crippen LogP contribution in [-0.4, -0.2) is 57.1 Å². The molecule has 0 rings (SSSR count). The van der Waals surface area contributed by atoms with E-state index in [4.69, 9.17) is 29.7 Å².